The number of rotatable bonds is 10. The number of hydrogen-bond acceptors (Lipinski definition) is 5. The molecule has 0 aliphatic rings. The first-order chi connectivity index (χ1) is 11.9. The maximum absolute atomic E-state index is 12.6. The van der Waals surface area contributed by atoms with Crippen molar-refractivity contribution in [2.24, 2.45) is 0 Å². The van der Waals surface area contributed by atoms with Gasteiger partial charge in [-0.15, -0.1) is 0 Å². The van der Waals surface area contributed by atoms with Crippen molar-refractivity contribution in [3.05, 3.63) is 23.8 Å². The topological polar surface area (TPSA) is 73.9 Å². The highest BCUT2D eigenvalue weighted by Gasteiger charge is 2.33. The summed E-state index contributed by atoms with van der Waals surface area (Å²) in [4.78, 5) is 24.8. The molecule has 0 saturated carbocycles. The summed E-state index contributed by atoms with van der Waals surface area (Å²) in [7, 11) is 0. The van der Waals surface area contributed by atoms with Crippen LogP contribution in [0.15, 0.2) is 18.2 Å². The highest BCUT2D eigenvalue weighted by molar-refractivity contribution is 5.99. The third kappa shape index (κ3) is 5.74. The smallest absolute Gasteiger partial charge is 0.341 e. The molecule has 25 heavy (non-hydrogen) atoms. The van der Waals surface area contributed by atoms with Crippen molar-refractivity contribution in [1.82, 2.24) is 0 Å². The molecule has 1 atom stereocenters. The highest BCUT2D eigenvalue weighted by Crippen LogP contribution is 2.26. The van der Waals surface area contributed by atoms with E-state index in [2.05, 4.69) is 5.32 Å². The molecule has 0 aliphatic carbocycles. The van der Waals surface area contributed by atoms with Crippen LogP contribution in [0.1, 0.15) is 57.8 Å². The second-order valence-corrected chi connectivity index (χ2v) is 5.73. The summed E-state index contributed by atoms with van der Waals surface area (Å²) in [5.41, 5.74) is -0.125. The minimum Gasteiger partial charge on any atom is -0.493 e. The number of ether oxygens (including phenoxy) is 3. The fourth-order valence-corrected chi connectivity index (χ4v) is 2.57. The second kappa shape index (κ2) is 10.0. The maximum atomic E-state index is 12.6. The van der Waals surface area contributed by atoms with Gasteiger partial charge in [-0.2, -0.15) is 0 Å². The van der Waals surface area contributed by atoms with Crippen molar-refractivity contribution in [1.29, 1.82) is 0 Å². The Hall–Kier alpha value is -2.08. The zero-order valence-corrected chi connectivity index (χ0v) is 15.8. The predicted octanol–water partition coefficient (Wildman–Crippen LogP) is 3.80. The van der Waals surface area contributed by atoms with Crippen LogP contribution >= 0.6 is 0 Å². The van der Waals surface area contributed by atoms with Crippen molar-refractivity contribution in [3.63, 3.8) is 0 Å². The van der Waals surface area contributed by atoms with Gasteiger partial charge in [0.15, 0.2) is 0 Å². The van der Waals surface area contributed by atoms with Crippen molar-refractivity contribution < 1.29 is 23.8 Å². The molecular formula is C19H29NO5. The van der Waals surface area contributed by atoms with Gasteiger partial charge in [-0.05, 0) is 52.3 Å². The molecule has 1 N–H and O–H groups in total. The van der Waals surface area contributed by atoms with Crippen LogP contribution < -0.4 is 10.1 Å². The van der Waals surface area contributed by atoms with E-state index >= 15 is 0 Å². The third-order valence-corrected chi connectivity index (χ3v) is 3.70. The van der Waals surface area contributed by atoms with Crippen molar-refractivity contribution in [2.75, 3.05) is 25.1 Å². The average Bonchev–Trinajstić information content (AvgIpc) is 2.57. The summed E-state index contributed by atoms with van der Waals surface area (Å²) < 4.78 is 16.2. The Kier molecular flexibility index (Phi) is 8.41. The lowest BCUT2D eigenvalue weighted by molar-refractivity contribution is -0.139. The molecule has 1 aromatic carbocycles. The van der Waals surface area contributed by atoms with Crippen LogP contribution in [0.3, 0.4) is 0 Å². The van der Waals surface area contributed by atoms with E-state index < -0.39 is 11.6 Å². The van der Waals surface area contributed by atoms with E-state index in [1.54, 1.807) is 32.0 Å². The molecule has 1 aromatic rings. The van der Waals surface area contributed by atoms with Crippen LogP contribution in [0.4, 0.5) is 5.69 Å². The van der Waals surface area contributed by atoms with Crippen LogP contribution in [0.25, 0.3) is 0 Å². The number of benzene rings is 1. The van der Waals surface area contributed by atoms with Gasteiger partial charge in [0.2, 0.25) is 0 Å². The number of hydrogen-bond donors (Lipinski definition) is 1. The van der Waals surface area contributed by atoms with E-state index in [0.29, 0.717) is 31.1 Å². The zero-order valence-electron chi connectivity index (χ0n) is 15.8. The van der Waals surface area contributed by atoms with Gasteiger partial charge in [0, 0.05) is 12.3 Å². The lowest BCUT2D eigenvalue weighted by atomic mass is 9.99. The summed E-state index contributed by atoms with van der Waals surface area (Å²) in [6, 6.07) is 4.92. The SMILES string of the molecule is CCCC(C)(OCC)C(=O)Nc1ccc(OCC)c(C(=O)OCC)c1. The van der Waals surface area contributed by atoms with E-state index in [1.807, 2.05) is 20.8 Å². The van der Waals surface area contributed by atoms with Crippen LogP contribution in [0.2, 0.25) is 0 Å². The number of carbonyl (C=O) groups excluding carboxylic acids is 2. The molecule has 140 valence electrons. The Morgan fingerprint density at radius 2 is 1.80 bits per heavy atom. The molecule has 1 unspecified atom stereocenters. The molecule has 0 saturated heterocycles. The van der Waals surface area contributed by atoms with E-state index in [1.165, 1.54) is 0 Å². The van der Waals surface area contributed by atoms with Crippen LogP contribution in [0.5, 0.6) is 5.75 Å². The Morgan fingerprint density at radius 1 is 1.08 bits per heavy atom. The molecule has 0 aliphatic heterocycles. The standard InChI is InChI=1S/C19H29NO5/c1-6-12-19(5,25-9-4)18(22)20-14-10-11-16(23-7-2)15(13-14)17(21)24-8-3/h10-11,13H,6-9,12H2,1-5H3,(H,20,22). The maximum Gasteiger partial charge on any atom is 0.341 e. The first kappa shape index (κ1) is 21.0. The predicted molar refractivity (Wildman–Crippen MR) is 97.1 cm³/mol. The first-order valence-electron chi connectivity index (χ1n) is 8.81. The number of nitrogens with one attached hydrogen (secondary N) is 1. The van der Waals surface area contributed by atoms with E-state index in [9.17, 15) is 9.59 Å². The van der Waals surface area contributed by atoms with Crippen molar-refractivity contribution in [2.45, 2.75) is 53.1 Å². The zero-order chi connectivity index (χ0) is 18.9. The highest BCUT2D eigenvalue weighted by atomic mass is 16.5. The Labute approximate surface area is 149 Å². The molecule has 0 bridgehead atoms. The fourth-order valence-electron chi connectivity index (χ4n) is 2.57. The summed E-state index contributed by atoms with van der Waals surface area (Å²) in [6.07, 6.45) is 1.43. The Balaban J connectivity index is 3.06. The minimum absolute atomic E-state index is 0.241. The summed E-state index contributed by atoms with van der Waals surface area (Å²) in [6.45, 7) is 10.3. The molecule has 0 aromatic heterocycles. The van der Waals surface area contributed by atoms with Gasteiger partial charge in [0.05, 0.1) is 13.2 Å². The molecule has 1 amide bonds. The molecule has 6 heteroatoms. The summed E-state index contributed by atoms with van der Waals surface area (Å²) in [5.74, 6) is -0.293. The van der Waals surface area contributed by atoms with Crippen LogP contribution in [-0.2, 0) is 14.3 Å². The molecule has 0 fully saturated rings. The number of anilines is 1. The lowest BCUT2D eigenvalue weighted by Crippen LogP contribution is -2.42. The lowest BCUT2D eigenvalue weighted by Gasteiger charge is -2.28. The minimum atomic E-state index is -0.911. The van der Waals surface area contributed by atoms with Crippen LogP contribution in [-0.4, -0.2) is 37.3 Å². The quantitative estimate of drug-likeness (QED) is 0.649. The number of carbonyl (C=O) groups is 2. The Bertz CT molecular complexity index is 579. The number of amides is 1. The van der Waals surface area contributed by atoms with Crippen molar-refractivity contribution >= 4 is 17.6 Å². The van der Waals surface area contributed by atoms with Gasteiger partial charge < -0.3 is 19.5 Å². The average molecular weight is 351 g/mol. The van der Waals surface area contributed by atoms with Gasteiger partial charge in [-0.25, -0.2) is 4.79 Å². The number of esters is 1. The normalized spacial score (nSPS) is 13.0. The van der Waals surface area contributed by atoms with Gasteiger partial charge in [0.25, 0.3) is 5.91 Å². The third-order valence-electron chi connectivity index (χ3n) is 3.70. The molecule has 0 heterocycles. The molecule has 0 radical (unpaired) electrons. The largest absolute Gasteiger partial charge is 0.493 e. The molecule has 6 nitrogen and oxygen atoms in total. The second-order valence-electron chi connectivity index (χ2n) is 5.73. The molecule has 1 rings (SSSR count). The first-order valence-corrected chi connectivity index (χ1v) is 8.81. The summed E-state index contributed by atoms with van der Waals surface area (Å²) in [5, 5.41) is 2.83. The van der Waals surface area contributed by atoms with E-state index in [0.717, 1.165) is 6.42 Å². The van der Waals surface area contributed by atoms with Gasteiger partial charge in [-0.1, -0.05) is 13.3 Å². The van der Waals surface area contributed by atoms with Crippen molar-refractivity contribution in [3.8, 4) is 5.75 Å². The molecular weight excluding hydrogens is 322 g/mol. The Morgan fingerprint density at radius 3 is 2.36 bits per heavy atom. The van der Waals surface area contributed by atoms with E-state index in [4.69, 9.17) is 14.2 Å². The summed E-state index contributed by atoms with van der Waals surface area (Å²) >= 11 is 0. The fraction of sp³-hybridized carbons (Fsp3) is 0.579. The monoisotopic (exact) mass is 351 g/mol. The van der Waals surface area contributed by atoms with Gasteiger partial charge in [0.1, 0.15) is 16.9 Å². The van der Waals surface area contributed by atoms with E-state index in [-0.39, 0.29) is 18.1 Å². The van der Waals surface area contributed by atoms with Crippen LogP contribution in [0, 0.1) is 0 Å². The van der Waals surface area contributed by atoms with Gasteiger partial charge in [-0.3, -0.25) is 4.79 Å². The molecule has 0 spiro atoms. The van der Waals surface area contributed by atoms with Gasteiger partial charge >= 0.3 is 5.97 Å².